The number of nitriles is 1. The summed E-state index contributed by atoms with van der Waals surface area (Å²) >= 11 is 2.71. The van der Waals surface area contributed by atoms with Gasteiger partial charge in [-0.15, -0.1) is 23.1 Å². The number of alkyl halides is 3. The first-order valence-electron chi connectivity index (χ1n) is 8.15. The topological polar surface area (TPSA) is 82.7 Å². The molecule has 0 bridgehead atoms. The summed E-state index contributed by atoms with van der Waals surface area (Å²) in [4.78, 5) is 13.0. The van der Waals surface area contributed by atoms with Gasteiger partial charge in [0.1, 0.15) is 29.0 Å². The Balaban J connectivity index is 1.77. The molecule has 150 valence electrons. The van der Waals surface area contributed by atoms with E-state index in [1.165, 1.54) is 46.0 Å². The van der Waals surface area contributed by atoms with E-state index in [2.05, 4.69) is 21.8 Å². The standard InChI is InChI=1S/C18H14F3N5OS2/c1-28-16-11(9-22)15(14-7-4-8-29-14)25-26(16)10-23-17(27)24-13-6-3-2-5-12(13)18(19,20)21/h2-8H,10H2,1H3,(H2,23,24,27). The molecule has 0 spiro atoms. The van der Waals surface area contributed by atoms with Crippen molar-refractivity contribution in [3.63, 3.8) is 0 Å². The van der Waals surface area contributed by atoms with Gasteiger partial charge < -0.3 is 10.6 Å². The van der Waals surface area contributed by atoms with Gasteiger partial charge in [0.25, 0.3) is 0 Å². The number of carbonyl (C=O) groups is 1. The number of rotatable bonds is 5. The second kappa shape index (κ2) is 8.59. The van der Waals surface area contributed by atoms with Crippen molar-refractivity contribution >= 4 is 34.8 Å². The Kier molecular flexibility index (Phi) is 6.14. The minimum absolute atomic E-state index is 0.115. The third-order valence-corrected chi connectivity index (χ3v) is 5.51. The molecule has 2 N–H and O–H groups in total. The van der Waals surface area contributed by atoms with E-state index >= 15 is 0 Å². The van der Waals surface area contributed by atoms with Gasteiger partial charge in [0.2, 0.25) is 0 Å². The van der Waals surface area contributed by atoms with Gasteiger partial charge in [-0.2, -0.15) is 23.5 Å². The number of nitrogens with zero attached hydrogens (tertiary/aromatic N) is 3. The van der Waals surface area contributed by atoms with Crippen molar-refractivity contribution in [2.45, 2.75) is 17.9 Å². The van der Waals surface area contributed by atoms with Crippen molar-refractivity contribution in [1.82, 2.24) is 15.1 Å². The van der Waals surface area contributed by atoms with Crippen molar-refractivity contribution in [1.29, 1.82) is 5.26 Å². The van der Waals surface area contributed by atoms with Crippen molar-refractivity contribution in [2.75, 3.05) is 11.6 Å². The Hall–Kier alpha value is -2.97. The van der Waals surface area contributed by atoms with E-state index in [1.54, 1.807) is 6.26 Å². The van der Waals surface area contributed by atoms with Gasteiger partial charge in [-0.05, 0) is 29.8 Å². The van der Waals surface area contributed by atoms with Crippen LogP contribution < -0.4 is 10.6 Å². The number of thiophene rings is 1. The normalized spacial score (nSPS) is 11.1. The number of carbonyl (C=O) groups excluding carboxylic acids is 1. The van der Waals surface area contributed by atoms with Crippen LogP contribution in [0.4, 0.5) is 23.7 Å². The molecule has 2 amide bonds. The number of hydrogen-bond donors (Lipinski definition) is 2. The molecule has 3 aromatic rings. The highest BCUT2D eigenvalue weighted by Crippen LogP contribution is 2.35. The van der Waals surface area contributed by atoms with Gasteiger partial charge in [-0.25, -0.2) is 9.48 Å². The Morgan fingerprint density at radius 3 is 2.69 bits per heavy atom. The van der Waals surface area contributed by atoms with E-state index in [1.807, 2.05) is 17.5 Å². The average Bonchev–Trinajstić information content (AvgIpc) is 3.32. The Bertz CT molecular complexity index is 1050. The number of nitrogens with one attached hydrogen (secondary N) is 2. The Morgan fingerprint density at radius 1 is 1.31 bits per heavy atom. The smallest absolute Gasteiger partial charge is 0.318 e. The highest BCUT2D eigenvalue weighted by molar-refractivity contribution is 7.98. The van der Waals surface area contributed by atoms with Crippen LogP contribution in [-0.2, 0) is 12.8 Å². The van der Waals surface area contributed by atoms with Crippen LogP contribution in [0.25, 0.3) is 10.6 Å². The van der Waals surface area contributed by atoms with E-state index in [-0.39, 0.29) is 12.4 Å². The molecule has 0 aliphatic heterocycles. The first-order valence-corrected chi connectivity index (χ1v) is 10.3. The van der Waals surface area contributed by atoms with Crippen LogP contribution in [0.1, 0.15) is 11.1 Å². The highest BCUT2D eigenvalue weighted by Gasteiger charge is 2.33. The summed E-state index contributed by atoms with van der Waals surface area (Å²) in [5, 5.41) is 21.0. The lowest BCUT2D eigenvalue weighted by molar-refractivity contribution is -0.136. The highest BCUT2D eigenvalue weighted by atomic mass is 32.2. The fraction of sp³-hybridized carbons (Fsp3) is 0.167. The second-order valence-corrected chi connectivity index (χ2v) is 7.40. The van der Waals surface area contributed by atoms with Crippen LogP contribution >= 0.6 is 23.1 Å². The predicted octanol–water partition coefficient (Wildman–Crippen LogP) is 5.00. The average molecular weight is 437 g/mol. The van der Waals surface area contributed by atoms with Crippen LogP contribution in [0, 0.1) is 11.3 Å². The Morgan fingerprint density at radius 2 is 2.07 bits per heavy atom. The molecule has 0 radical (unpaired) electrons. The molecule has 2 heterocycles. The van der Waals surface area contributed by atoms with Crippen molar-refractivity contribution in [3.8, 4) is 16.6 Å². The molecule has 29 heavy (non-hydrogen) atoms. The van der Waals surface area contributed by atoms with Crippen LogP contribution in [-0.4, -0.2) is 22.1 Å². The minimum atomic E-state index is -4.59. The quantitative estimate of drug-likeness (QED) is 0.550. The summed E-state index contributed by atoms with van der Waals surface area (Å²) in [7, 11) is 0. The number of benzene rings is 1. The molecule has 6 nitrogen and oxygen atoms in total. The van der Waals surface area contributed by atoms with E-state index in [0.717, 1.165) is 10.9 Å². The molecule has 0 aliphatic rings. The number of thioether (sulfide) groups is 1. The van der Waals surface area contributed by atoms with Gasteiger partial charge in [0, 0.05) is 0 Å². The largest absolute Gasteiger partial charge is 0.418 e. The number of para-hydroxylation sites is 1. The van der Waals surface area contributed by atoms with Crippen LogP contribution in [0.5, 0.6) is 0 Å². The molecule has 0 atom stereocenters. The lowest BCUT2D eigenvalue weighted by atomic mass is 10.1. The summed E-state index contributed by atoms with van der Waals surface area (Å²) in [6.07, 6.45) is -2.82. The summed E-state index contributed by atoms with van der Waals surface area (Å²) < 4.78 is 40.6. The van der Waals surface area contributed by atoms with Gasteiger partial charge in [-0.3, -0.25) is 0 Å². The zero-order valence-corrected chi connectivity index (χ0v) is 16.6. The van der Waals surface area contributed by atoms with Crippen molar-refractivity contribution < 1.29 is 18.0 Å². The van der Waals surface area contributed by atoms with E-state index in [9.17, 15) is 23.2 Å². The molecule has 11 heteroatoms. The zero-order valence-electron chi connectivity index (χ0n) is 14.9. The maximum atomic E-state index is 13.1. The lowest BCUT2D eigenvalue weighted by Crippen LogP contribution is -2.32. The summed E-state index contributed by atoms with van der Waals surface area (Å²) in [6.45, 7) is -0.115. The number of hydrogen-bond acceptors (Lipinski definition) is 5. The number of aromatic nitrogens is 2. The molecular formula is C18H14F3N5OS2. The number of halogens is 3. The minimum Gasteiger partial charge on any atom is -0.318 e. The number of amides is 2. The van der Waals surface area contributed by atoms with E-state index in [0.29, 0.717) is 16.3 Å². The van der Waals surface area contributed by atoms with E-state index in [4.69, 9.17) is 0 Å². The van der Waals surface area contributed by atoms with Crippen LogP contribution in [0.15, 0.2) is 46.8 Å². The summed E-state index contributed by atoms with van der Waals surface area (Å²) in [5.74, 6) is 0. The Labute approximate surface area is 172 Å². The maximum Gasteiger partial charge on any atom is 0.418 e. The van der Waals surface area contributed by atoms with Crippen LogP contribution in [0.3, 0.4) is 0 Å². The SMILES string of the molecule is CSc1c(C#N)c(-c2cccs2)nn1CNC(=O)Nc1ccccc1C(F)(F)F. The molecular weight excluding hydrogens is 423 g/mol. The van der Waals surface area contributed by atoms with Gasteiger partial charge in [0.15, 0.2) is 0 Å². The molecule has 2 aromatic heterocycles. The molecule has 0 saturated heterocycles. The predicted molar refractivity (Wildman–Crippen MR) is 106 cm³/mol. The fourth-order valence-electron chi connectivity index (χ4n) is 2.60. The molecule has 0 fully saturated rings. The third-order valence-electron chi connectivity index (χ3n) is 3.84. The fourth-order valence-corrected chi connectivity index (χ4v) is 3.98. The van der Waals surface area contributed by atoms with E-state index < -0.39 is 17.8 Å². The monoisotopic (exact) mass is 437 g/mol. The van der Waals surface area contributed by atoms with Crippen LogP contribution in [0.2, 0.25) is 0 Å². The van der Waals surface area contributed by atoms with Gasteiger partial charge >= 0.3 is 12.2 Å². The zero-order chi connectivity index (χ0) is 21.0. The lowest BCUT2D eigenvalue weighted by Gasteiger charge is -2.14. The molecule has 0 aliphatic carbocycles. The molecule has 0 saturated carbocycles. The van der Waals surface area contributed by atoms with Gasteiger partial charge in [0.05, 0.1) is 16.1 Å². The molecule has 3 rings (SSSR count). The first-order chi connectivity index (χ1) is 13.8. The number of urea groups is 1. The molecule has 1 aromatic carbocycles. The molecule has 0 unspecified atom stereocenters. The second-order valence-electron chi connectivity index (χ2n) is 5.65. The maximum absolute atomic E-state index is 13.1. The van der Waals surface area contributed by atoms with Crippen molar-refractivity contribution in [2.24, 2.45) is 0 Å². The summed E-state index contributed by atoms with van der Waals surface area (Å²) in [5.41, 5.74) is -0.410. The first kappa shape index (κ1) is 20.8. The third kappa shape index (κ3) is 4.55. The van der Waals surface area contributed by atoms with Gasteiger partial charge in [-0.1, -0.05) is 18.2 Å². The van der Waals surface area contributed by atoms with Crippen molar-refractivity contribution in [3.05, 3.63) is 52.9 Å². The summed E-state index contributed by atoms with van der Waals surface area (Å²) in [6, 6.07) is 9.68. The number of anilines is 1.